The smallest absolute Gasteiger partial charge is 0.259 e. The van der Waals surface area contributed by atoms with E-state index in [-0.39, 0.29) is 0 Å². The minimum absolute atomic E-state index is 0.470. The Morgan fingerprint density at radius 2 is 2.00 bits per heavy atom. The summed E-state index contributed by atoms with van der Waals surface area (Å²) in [6.45, 7) is 8.07. The van der Waals surface area contributed by atoms with Crippen molar-refractivity contribution in [2.75, 3.05) is 7.05 Å². The average molecular weight is 286 g/mol. The fourth-order valence-electron chi connectivity index (χ4n) is 1.37. The molecule has 0 N–H and O–H groups in total. The van der Waals surface area contributed by atoms with Gasteiger partial charge < -0.3 is 9.52 Å². The third-order valence-corrected chi connectivity index (χ3v) is 2.45. The Morgan fingerprint density at radius 3 is 2.57 bits per heavy atom. The first-order valence-corrected chi connectivity index (χ1v) is 6.87. The molecular weight excluding hydrogens is 264 g/mol. The summed E-state index contributed by atoms with van der Waals surface area (Å²) in [6, 6.07) is 1.97. The summed E-state index contributed by atoms with van der Waals surface area (Å²) in [6.07, 6.45) is 9.15. The van der Waals surface area contributed by atoms with Crippen LogP contribution in [-0.2, 0) is 0 Å². The topological polar surface area (TPSA) is 64.2 Å². The van der Waals surface area contributed by atoms with Crippen molar-refractivity contribution < 1.29 is 4.52 Å². The van der Waals surface area contributed by atoms with Crippen LogP contribution in [0.1, 0.15) is 32.2 Å². The molecule has 0 spiro atoms. The average Bonchev–Trinajstić information content (AvgIpc) is 2.94. The standard InChI is InChI=1S/C13H15N3O.C3H7N/c1-9(2)4-5-12-15-13(17-16-12)11-6-10(3)7-14-8-11;1-3-4-2/h4-9H,1-3H3;3H,1-2H3/b5-4+;. The van der Waals surface area contributed by atoms with Gasteiger partial charge in [0, 0.05) is 19.4 Å². The summed E-state index contributed by atoms with van der Waals surface area (Å²) in [5.74, 6) is 1.57. The Kier molecular flexibility index (Phi) is 7.01. The van der Waals surface area contributed by atoms with Crippen LogP contribution in [0.25, 0.3) is 17.5 Å². The minimum atomic E-state index is 0.470. The Bertz CT molecular complexity index is 596. The maximum atomic E-state index is 5.19. The highest BCUT2D eigenvalue weighted by Crippen LogP contribution is 2.17. The van der Waals surface area contributed by atoms with Crippen molar-refractivity contribution in [2.45, 2.75) is 27.7 Å². The van der Waals surface area contributed by atoms with Crippen LogP contribution in [0, 0.1) is 12.8 Å². The summed E-state index contributed by atoms with van der Waals surface area (Å²) >= 11 is 0. The molecular formula is C16H22N4O. The highest BCUT2D eigenvalue weighted by atomic mass is 16.5. The van der Waals surface area contributed by atoms with Gasteiger partial charge in [0.1, 0.15) is 0 Å². The zero-order chi connectivity index (χ0) is 15.7. The normalized spacial score (nSPS) is 11.1. The van der Waals surface area contributed by atoms with E-state index in [2.05, 4.69) is 34.0 Å². The van der Waals surface area contributed by atoms with Crippen molar-refractivity contribution in [1.82, 2.24) is 15.1 Å². The summed E-state index contributed by atoms with van der Waals surface area (Å²) in [5, 5.41) is 3.89. The number of pyridine rings is 1. The lowest BCUT2D eigenvalue weighted by atomic mass is 10.2. The van der Waals surface area contributed by atoms with Crippen LogP contribution in [0.5, 0.6) is 0 Å². The van der Waals surface area contributed by atoms with E-state index in [1.54, 1.807) is 25.7 Å². The molecule has 5 nitrogen and oxygen atoms in total. The molecule has 2 heterocycles. The van der Waals surface area contributed by atoms with E-state index in [9.17, 15) is 0 Å². The van der Waals surface area contributed by atoms with Crippen molar-refractivity contribution in [2.24, 2.45) is 10.9 Å². The molecule has 112 valence electrons. The molecule has 0 atom stereocenters. The highest BCUT2D eigenvalue weighted by molar-refractivity contribution is 5.54. The maximum Gasteiger partial charge on any atom is 0.259 e. The van der Waals surface area contributed by atoms with Crippen LogP contribution in [0.2, 0.25) is 0 Å². The summed E-state index contributed by atoms with van der Waals surface area (Å²) in [5.41, 5.74) is 1.92. The number of rotatable bonds is 3. The minimum Gasteiger partial charge on any atom is -0.334 e. The molecule has 2 rings (SSSR count). The van der Waals surface area contributed by atoms with E-state index in [1.165, 1.54) is 0 Å². The van der Waals surface area contributed by atoms with Gasteiger partial charge in [0.05, 0.1) is 5.56 Å². The van der Waals surface area contributed by atoms with Gasteiger partial charge in [0.25, 0.3) is 5.89 Å². The Labute approximate surface area is 125 Å². The third-order valence-electron chi connectivity index (χ3n) is 2.45. The highest BCUT2D eigenvalue weighted by Gasteiger charge is 2.07. The van der Waals surface area contributed by atoms with Crippen molar-refractivity contribution in [3.8, 4) is 11.5 Å². The van der Waals surface area contributed by atoms with Crippen LogP contribution in [0.15, 0.2) is 34.1 Å². The fraction of sp³-hybridized carbons (Fsp3) is 0.375. The number of aromatic nitrogens is 3. The molecule has 0 aliphatic carbocycles. The SMILES string of the molecule is CC=NC.Cc1cncc(-c2nc(/C=C/C(C)C)no2)c1. The first-order chi connectivity index (χ1) is 10.1. The number of aliphatic imine (C=N–C) groups is 1. The third kappa shape index (κ3) is 6.12. The first-order valence-electron chi connectivity index (χ1n) is 6.87. The molecule has 0 fully saturated rings. The van der Waals surface area contributed by atoms with E-state index >= 15 is 0 Å². The number of hydrogen-bond donors (Lipinski definition) is 0. The van der Waals surface area contributed by atoms with Crippen LogP contribution in [0.3, 0.4) is 0 Å². The van der Waals surface area contributed by atoms with E-state index in [0.29, 0.717) is 17.6 Å². The molecule has 0 aliphatic rings. The lowest BCUT2D eigenvalue weighted by Gasteiger charge is -1.94. The molecule has 0 aliphatic heterocycles. The Morgan fingerprint density at radius 1 is 1.29 bits per heavy atom. The molecule has 5 heteroatoms. The molecule has 0 saturated carbocycles. The molecule has 0 bridgehead atoms. The second-order valence-corrected chi connectivity index (χ2v) is 4.83. The number of hydrogen-bond acceptors (Lipinski definition) is 5. The van der Waals surface area contributed by atoms with Crippen molar-refractivity contribution >= 4 is 12.3 Å². The summed E-state index contributed by atoms with van der Waals surface area (Å²) in [7, 11) is 1.75. The van der Waals surface area contributed by atoms with Gasteiger partial charge in [-0.3, -0.25) is 4.98 Å². The van der Waals surface area contributed by atoms with Crippen LogP contribution < -0.4 is 0 Å². The van der Waals surface area contributed by atoms with E-state index in [0.717, 1.165) is 11.1 Å². The molecule has 0 amide bonds. The van der Waals surface area contributed by atoms with Gasteiger partial charge in [-0.1, -0.05) is 25.1 Å². The lowest BCUT2D eigenvalue weighted by Crippen LogP contribution is -1.83. The lowest BCUT2D eigenvalue weighted by molar-refractivity contribution is 0.428. The number of nitrogens with zero attached hydrogens (tertiary/aromatic N) is 4. The predicted octanol–water partition coefficient (Wildman–Crippen LogP) is 3.82. The van der Waals surface area contributed by atoms with Gasteiger partial charge in [0.15, 0.2) is 5.82 Å². The zero-order valence-corrected chi connectivity index (χ0v) is 13.2. The molecule has 0 unspecified atom stereocenters. The monoisotopic (exact) mass is 286 g/mol. The molecule has 21 heavy (non-hydrogen) atoms. The van der Waals surface area contributed by atoms with Gasteiger partial charge in [-0.2, -0.15) is 4.98 Å². The van der Waals surface area contributed by atoms with Crippen LogP contribution in [-0.4, -0.2) is 28.4 Å². The van der Waals surface area contributed by atoms with Gasteiger partial charge in [-0.05, 0) is 43.7 Å². The molecule has 2 aromatic rings. The predicted molar refractivity (Wildman–Crippen MR) is 86.2 cm³/mol. The zero-order valence-electron chi connectivity index (χ0n) is 13.2. The van der Waals surface area contributed by atoms with Gasteiger partial charge >= 0.3 is 0 Å². The quantitative estimate of drug-likeness (QED) is 0.805. The molecule has 2 aromatic heterocycles. The second-order valence-electron chi connectivity index (χ2n) is 4.83. The number of allylic oxidation sites excluding steroid dienone is 1. The Hall–Kier alpha value is -2.30. The van der Waals surface area contributed by atoms with Crippen molar-refractivity contribution in [3.63, 3.8) is 0 Å². The second kappa shape index (κ2) is 8.79. The van der Waals surface area contributed by atoms with Crippen molar-refractivity contribution in [3.05, 3.63) is 35.9 Å². The van der Waals surface area contributed by atoms with Crippen LogP contribution in [0.4, 0.5) is 0 Å². The largest absolute Gasteiger partial charge is 0.334 e. The number of aryl methyl sites for hydroxylation is 1. The summed E-state index contributed by atoms with van der Waals surface area (Å²) in [4.78, 5) is 12.0. The fourth-order valence-corrected chi connectivity index (χ4v) is 1.37. The maximum absolute atomic E-state index is 5.19. The Balaban J connectivity index is 0.000000491. The van der Waals surface area contributed by atoms with Gasteiger partial charge in [0.2, 0.25) is 0 Å². The molecule has 0 saturated heterocycles. The van der Waals surface area contributed by atoms with Crippen LogP contribution >= 0.6 is 0 Å². The first kappa shape index (κ1) is 16.8. The van der Waals surface area contributed by atoms with Crippen molar-refractivity contribution in [1.29, 1.82) is 0 Å². The van der Waals surface area contributed by atoms with E-state index in [4.69, 9.17) is 4.52 Å². The molecule has 0 radical (unpaired) electrons. The van der Waals surface area contributed by atoms with E-state index in [1.807, 2.05) is 32.1 Å². The van der Waals surface area contributed by atoms with Gasteiger partial charge in [-0.25, -0.2) is 0 Å². The summed E-state index contributed by atoms with van der Waals surface area (Å²) < 4.78 is 5.19. The van der Waals surface area contributed by atoms with Gasteiger partial charge in [-0.15, -0.1) is 0 Å². The van der Waals surface area contributed by atoms with E-state index < -0.39 is 0 Å². The molecule has 0 aromatic carbocycles.